The number of hydrogen-bond donors (Lipinski definition) is 0. The number of aryl methyl sites for hydroxylation is 2. The molecule has 3 rings (SSSR count). The van der Waals surface area contributed by atoms with Crippen molar-refractivity contribution in [3.63, 3.8) is 0 Å². The lowest BCUT2D eigenvalue weighted by molar-refractivity contribution is -0.384. The van der Waals surface area contributed by atoms with Gasteiger partial charge in [0.25, 0.3) is 11.2 Å². The van der Waals surface area contributed by atoms with Crippen LogP contribution in [-0.4, -0.2) is 9.49 Å². The van der Waals surface area contributed by atoms with Crippen molar-refractivity contribution in [2.45, 2.75) is 13.8 Å². The van der Waals surface area contributed by atoms with E-state index in [0.29, 0.717) is 11.3 Å². The normalized spacial score (nSPS) is 11.0. The Morgan fingerprint density at radius 2 is 1.83 bits per heavy atom. The molecule has 148 valence electrons. The Hall–Kier alpha value is -3.72. The molecule has 0 atom stereocenters. The largest absolute Gasteiger partial charge is 0.288 e. The third-order valence-electron chi connectivity index (χ3n) is 4.39. The average molecular weight is 437 g/mol. The molecule has 1 heterocycles. The van der Waals surface area contributed by atoms with E-state index in [1.165, 1.54) is 22.8 Å². The van der Waals surface area contributed by atoms with E-state index in [0.717, 1.165) is 22.5 Å². The van der Waals surface area contributed by atoms with Gasteiger partial charge < -0.3 is 0 Å². The van der Waals surface area contributed by atoms with Crippen LogP contribution in [0.1, 0.15) is 16.7 Å². The van der Waals surface area contributed by atoms with E-state index in [1.54, 1.807) is 6.07 Å². The first-order valence-corrected chi connectivity index (χ1v) is 9.76. The summed E-state index contributed by atoms with van der Waals surface area (Å²) < 4.78 is 1.79. The lowest BCUT2D eigenvalue weighted by Crippen LogP contribution is -2.31. The molecule has 3 aromatic rings. The van der Waals surface area contributed by atoms with Crippen LogP contribution in [0.5, 0.6) is 0 Å². The number of nitriles is 2. The molecule has 0 spiro atoms. The topological polar surface area (TPSA) is 113 Å². The maximum absolute atomic E-state index is 13.3. The van der Waals surface area contributed by atoms with E-state index in [2.05, 4.69) is 0 Å². The summed E-state index contributed by atoms with van der Waals surface area (Å²) in [6.07, 6.45) is 1.48. The maximum Gasteiger partial charge on any atom is 0.288 e. The highest BCUT2D eigenvalue weighted by molar-refractivity contribution is 7.07. The van der Waals surface area contributed by atoms with Crippen LogP contribution in [0, 0.1) is 46.6 Å². The number of nitro groups is 1. The molecule has 9 heteroatoms. The first kappa shape index (κ1) is 21.0. The molecule has 0 unspecified atom stereocenters. The zero-order valence-corrected chi connectivity index (χ0v) is 17.4. The minimum atomic E-state index is -0.605. The van der Waals surface area contributed by atoms with Crippen molar-refractivity contribution in [3.8, 4) is 17.8 Å². The summed E-state index contributed by atoms with van der Waals surface area (Å²) in [6.45, 7) is 3.67. The van der Waals surface area contributed by atoms with Crippen LogP contribution in [0.2, 0.25) is 5.02 Å². The molecule has 0 radical (unpaired) electrons. The zero-order chi connectivity index (χ0) is 22.0. The van der Waals surface area contributed by atoms with E-state index in [-0.39, 0.29) is 25.5 Å². The zero-order valence-electron chi connectivity index (χ0n) is 15.8. The van der Waals surface area contributed by atoms with Gasteiger partial charge in [0.1, 0.15) is 21.8 Å². The van der Waals surface area contributed by atoms with Gasteiger partial charge in [-0.2, -0.15) is 10.5 Å². The molecule has 0 aliphatic carbocycles. The third kappa shape index (κ3) is 3.74. The number of nitrogens with zero attached hydrogens (tertiary/aromatic N) is 4. The smallest absolute Gasteiger partial charge is 0.267 e. The number of nitro benzene ring substituents is 1. The fourth-order valence-corrected chi connectivity index (χ4v) is 4.27. The van der Waals surface area contributed by atoms with Gasteiger partial charge in [-0.3, -0.25) is 19.5 Å². The Balaban J connectivity index is 2.43. The molecule has 0 N–H and O–H groups in total. The number of aromatic nitrogens is 1. The van der Waals surface area contributed by atoms with Gasteiger partial charge in [-0.15, -0.1) is 11.3 Å². The summed E-state index contributed by atoms with van der Waals surface area (Å²) in [5.74, 6) is 0. The van der Waals surface area contributed by atoms with Crippen LogP contribution in [0.15, 0.2) is 41.2 Å². The van der Waals surface area contributed by atoms with Gasteiger partial charge in [-0.1, -0.05) is 35.9 Å². The molecule has 0 saturated carbocycles. The predicted octanol–water partition coefficient (Wildman–Crippen LogP) is 3.10. The summed E-state index contributed by atoms with van der Waals surface area (Å²) in [5, 5.41) is 29.9. The average Bonchev–Trinajstić information content (AvgIpc) is 3.00. The van der Waals surface area contributed by atoms with Crippen molar-refractivity contribution >= 4 is 40.3 Å². The second-order valence-corrected chi connectivity index (χ2v) is 7.80. The summed E-state index contributed by atoms with van der Waals surface area (Å²) in [7, 11) is 0. The molecule has 0 bridgehead atoms. The number of rotatable bonds is 3. The summed E-state index contributed by atoms with van der Waals surface area (Å²) in [5.41, 5.74) is 1.71. The first-order valence-electron chi connectivity index (χ1n) is 8.57. The number of para-hydroxylation sites is 1. The highest BCUT2D eigenvalue weighted by Gasteiger charge is 2.16. The second-order valence-electron chi connectivity index (χ2n) is 6.36. The van der Waals surface area contributed by atoms with Crippen LogP contribution in [0.3, 0.4) is 0 Å². The Kier molecular flexibility index (Phi) is 5.84. The number of halogens is 1. The molecular formula is C21H13ClN4O3S. The first-order chi connectivity index (χ1) is 14.3. The van der Waals surface area contributed by atoms with Crippen molar-refractivity contribution in [2.24, 2.45) is 0 Å². The Morgan fingerprint density at radius 3 is 2.40 bits per heavy atom. The van der Waals surface area contributed by atoms with Crippen molar-refractivity contribution in [1.29, 1.82) is 10.5 Å². The molecule has 7 nitrogen and oxygen atoms in total. The van der Waals surface area contributed by atoms with Gasteiger partial charge in [0.15, 0.2) is 5.57 Å². The SMILES string of the molecule is Cc1cccc(C)c1-n1c(=C(C#N)C#N)s/c(=C\c2ccc(Cl)c([N+](=O)[O-])c2)c1=O. The molecule has 0 aliphatic heterocycles. The molecule has 30 heavy (non-hydrogen) atoms. The Bertz CT molecular complexity index is 1420. The number of hydrogen-bond acceptors (Lipinski definition) is 6. The van der Waals surface area contributed by atoms with E-state index in [4.69, 9.17) is 11.6 Å². The van der Waals surface area contributed by atoms with Crippen LogP contribution < -0.4 is 14.8 Å². The molecule has 0 fully saturated rings. The van der Waals surface area contributed by atoms with E-state index in [9.17, 15) is 25.4 Å². The quantitative estimate of drug-likeness (QED) is 0.462. The minimum absolute atomic E-state index is 0.0125. The third-order valence-corrected chi connectivity index (χ3v) is 5.80. The van der Waals surface area contributed by atoms with Gasteiger partial charge >= 0.3 is 0 Å². The summed E-state index contributed by atoms with van der Waals surface area (Å²) in [6, 6.07) is 13.4. The maximum atomic E-state index is 13.3. The number of thiazole rings is 1. The van der Waals surface area contributed by atoms with E-state index in [1.807, 2.05) is 44.2 Å². The highest BCUT2D eigenvalue weighted by atomic mass is 35.5. The van der Waals surface area contributed by atoms with Crippen molar-refractivity contribution in [3.05, 3.63) is 87.8 Å². The Morgan fingerprint density at radius 1 is 1.20 bits per heavy atom. The molecule has 0 saturated heterocycles. The number of benzene rings is 2. The summed E-state index contributed by atoms with van der Waals surface area (Å²) >= 11 is 6.83. The molecule has 1 aromatic heterocycles. The molecule has 0 aliphatic rings. The van der Waals surface area contributed by atoms with Crippen molar-refractivity contribution < 1.29 is 4.92 Å². The fourth-order valence-electron chi connectivity index (χ4n) is 3.04. The molecule has 2 aromatic carbocycles. The van der Waals surface area contributed by atoms with Crippen LogP contribution in [0.25, 0.3) is 17.3 Å². The standard InChI is InChI=1S/C21H13ClN4O3S/c1-12-4-3-5-13(2)19(12)25-20(27)18(30-21(25)15(10-23)11-24)9-14-6-7-16(22)17(8-14)26(28)29/h3-9H,1-2H3/b18-9-. The fraction of sp³-hybridized carbons (Fsp3) is 0.0952. The van der Waals surface area contributed by atoms with Gasteiger partial charge in [0, 0.05) is 6.07 Å². The van der Waals surface area contributed by atoms with Gasteiger partial charge in [-0.05, 0) is 42.7 Å². The van der Waals surface area contributed by atoms with Crippen LogP contribution >= 0.6 is 22.9 Å². The van der Waals surface area contributed by atoms with Gasteiger partial charge in [-0.25, -0.2) is 0 Å². The van der Waals surface area contributed by atoms with Gasteiger partial charge in [0.2, 0.25) is 0 Å². The minimum Gasteiger partial charge on any atom is -0.267 e. The van der Waals surface area contributed by atoms with Gasteiger partial charge in [0.05, 0.1) is 15.1 Å². The van der Waals surface area contributed by atoms with Crippen LogP contribution in [-0.2, 0) is 0 Å². The van der Waals surface area contributed by atoms with E-state index < -0.39 is 10.5 Å². The molecular weight excluding hydrogens is 424 g/mol. The van der Waals surface area contributed by atoms with Crippen molar-refractivity contribution in [2.75, 3.05) is 0 Å². The lowest BCUT2D eigenvalue weighted by atomic mass is 10.1. The molecule has 0 amide bonds. The van der Waals surface area contributed by atoms with Crippen LogP contribution in [0.4, 0.5) is 5.69 Å². The summed E-state index contributed by atoms with van der Waals surface area (Å²) in [4.78, 5) is 23.8. The highest BCUT2D eigenvalue weighted by Crippen LogP contribution is 2.25. The van der Waals surface area contributed by atoms with Crippen molar-refractivity contribution in [1.82, 2.24) is 4.57 Å². The van der Waals surface area contributed by atoms with E-state index >= 15 is 0 Å². The Labute approximate surface area is 179 Å². The predicted molar refractivity (Wildman–Crippen MR) is 115 cm³/mol. The second kappa shape index (κ2) is 8.34. The lowest BCUT2D eigenvalue weighted by Gasteiger charge is -2.10. The monoisotopic (exact) mass is 436 g/mol.